The first-order valence-corrected chi connectivity index (χ1v) is 12.6. The summed E-state index contributed by atoms with van der Waals surface area (Å²) in [6.45, 7) is 7.59. The van der Waals surface area contributed by atoms with Crippen molar-refractivity contribution in [2.45, 2.75) is 26.4 Å². The van der Waals surface area contributed by atoms with Gasteiger partial charge in [-0.15, -0.1) is 16.4 Å². The van der Waals surface area contributed by atoms with Crippen LogP contribution in [0, 0.1) is 12.7 Å². The van der Waals surface area contributed by atoms with Crippen molar-refractivity contribution in [3.05, 3.63) is 64.5 Å². The molecule has 1 atom stereocenters. The van der Waals surface area contributed by atoms with E-state index in [9.17, 15) is 4.39 Å². The molecular weight excluding hydrogens is 463 g/mol. The third-order valence-electron chi connectivity index (χ3n) is 6.31. The van der Waals surface area contributed by atoms with Gasteiger partial charge < -0.3 is 20.3 Å². The normalized spacial score (nSPS) is 14.9. The first-order chi connectivity index (χ1) is 17.0. The number of ether oxygens (including phenoxy) is 1. The van der Waals surface area contributed by atoms with Gasteiger partial charge in [0.1, 0.15) is 11.6 Å². The number of thiophene rings is 1. The number of rotatable bonds is 7. The summed E-state index contributed by atoms with van der Waals surface area (Å²) in [5.41, 5.74) is 2.45. The van der Waals surface area contributed by atoms with Crippen LogP contribution in [0.2, 0.25) is 0 Å². The molecule has 0 saturated carbocycles. The predicted molar refractivity (Wildman–Crippen MR) is 140 cm³/mol. The van der Waals surface area contributed by atoms with Gasteiger partial charge in [-0.1, -0.05) is 12.1 Å². The van der Waals surface area contributed by atoms with Crippen LogP contribution in [0.5, 0.6) is 0 Å². The Morgan fingerprint density at radius 1 is 1.14 bits per heavy atom. The minimum absolute atomic E-state index is 0.00438. The van der Waals surface area contributed by atoms with Gasteiger partial charge in [-0.05, 0) is 50.7 Å². The van der Waals surface area contributed by atoms with E-state index in [0.29, 0.717) is 25.3 Å². The van der Waals surface area contributed by atoms with Crippen LogP contribution >= 0.6 is 11.3 Å². The Kier molecular flexibility index (Phi) is 6.90. The van der Waals surface area contributed by atoms with E-state index in [1.807, 2.05) is 26.2 Å². The number of pyridine rings is 1. The van der Waals surface area contributed by atoms with E-state index in [1.54, 1.807) is 17.4 Å². The fraction of sp³-hybridized carbons (Fsp3) is 0.346. The molecule has 1 fully saturated rings. The maximum atomic E-state index is 14.4. The van der Waals surface area contributed by atoms with Crippen molar-refractivity contribution >= 4 is 33.7 Å². The molecule has 4 aromatic rings. The lowest BCUT2D eigenvalue weighted by Crippen LogP contribution is -2.36. The van der Waals surface area contributed by atoms with Crippen molar-refractivity contribution in [3.8, 4) is 10.4 Å². The van der Waals surface area contributed by atoms with Crippen LogP contribution in [-0.2, 0) is 11.3 Å². The highest BCUT2D eigenvalue weighted by Gasteiger charge is 2.18. The summed E-state index contributed by atoms with van der Waals surface area (Å²) in [4.78, 5) is 9.09. The number of benzene rings is 1. The monoisotopic (exact) mass is 492 g/mol. The van der Waals surface area contributed by atoms with Gasteiger partial charge in [-0.3, -0.25) is 0 Å². The van der Waals surface area contributed by atoms with Crippen molar-refractivity contribution in [3.63, 3.8) is 0 Å². The minimum Gasteiger partial charge on any atom is -0.378 e. The van der Waals surface area contributed by atoms with Gasteiger partial charge in [-0.25, -0.2) is 9.37 Å². The molecule has 0 unspecified atom stereocenters. The molecular formula is C26H29FN6OS. The Morgan fingerprint density at radius 2 is 1.97 bits per heavy atom. The molecule has 0 radical (unpaired) electrons. The van der Waals surface area contributed by atoms with E-state index in [2.05, 4.69) is 55.8 Å². The third kappa shape index (κ3) is 4.84. The molecule has 0 spiro atoms. The summed E-state index contributed by atoms with van der Waals surface area (Å²) in [6, 6.07) is 11.5. The summed E-state index contributed by atoms with van der Waals surface area (Å²) in [6.07, 6.45) is 1.89. The number of hydrogen-bond donors (Lipinski definition) is 2. The fourth-order valence-corrected chi connectivity index (χ4v) is 5.45. The molecule has 5 rings (SSSR count). The first-order valence-electron chi connectivity index (χ1n) is 11.8. The zero-order chi connectivity index (χ0) is 24.4. The molecule has 0 bridgehead atoms. The van der Waals surface area contributed by atoms with Crippen molar-refractivity contribution in [1.82, 2.24) is 20.5 Å². The van der Waals surface area contributed by atoms with E-state index in [-0.39, 0.29) is 11.9 Å². The van der Waals surface area contributed by atoms with E-state index >= 15 is 0 Å². The van der Waals surface area contributed by atoms with E-state index in [1.165, 1.54) is 6.07 Å². The summed E-state index contributed by atoms with van der Waals surface area (Å²) < 4.78 is 19.9. The molecule has 1 aliphatic rings. The molecule has 35 heavy (non-hydrogen) atoms. The van der Waals surface area contributed by atoms with Crippen LogP contribution in [0.3, 0.4) is 0 Å². The van der Waals surface area contributed by atoms with Gasteiger partial charge >= 0.3 is 0 Å². The van der Waals surface area contributed by atoms with Crippen LogP contribution < -0.4 is 15.5 Å². The smallest absolute Gasteiger partial charge is 0.157 e. The van der Waals surface area contributed by atoms with Gasteiger partial charge in [-0.2, -0.15) is 5.10 Å². The summed E-state index contributed by atoms with van der Waals surface area (Å²) >= 11 is 1.66. The Balaban J connectivity index is 1.43. The Hall–Kier alpha value is -3.14. The maximum Gasteiger partial charge on any atom is 0.157 e. The quantitative estimate of drug-likeness (QED) is 0.379. The molecule has 9 heteroatoms. The van der Waals surface area contributed by atoms with Gasteiger partial charge in [0, 0.05) is 51.9 Å². The SMILES string of the molecule is CNCc1c(F)cccc1-c1ccc([C@@H](C)Nc2nnc(C)c3cnc(N4CCOCC4)cc23)s1. The Bertz CT molecular complexity index is 1340. The van der Waals surface area contributed by atoms with E-state index in [0.717, 1.165) is 56.5 Å². The van der Waals surface area contributed by atoms with Crippen LogP contribution in [0.1, 0.15) is 29.1 Å². The highest BCUT2D eigenvalue weighted by atomic mass is 32.1. The van der Waals surface area contributed by atoms with Crippen LogP contribution in [0.25, 0.3) is 21.2 Å². The summed E-state index contributed by atoms with van der Waals surface area (Å²) in [7, 11) is 1.83. The van der Waals surface area contributed by atoms with Crippen LogP contribution in [0.4, 0.5) is 16.0 Å². The van der Waals surface area contributed by atoms with Crippen molar-refractivity contribution in [2.24, 2.45) is 0 Å². The van der Waals surface area contributed by atoms with Crippen LogP contribution in [0.15, 0.2) is 42.6 Å². The van der Waals surface area contributed by atoms with Crippen LogP contribution in [-0.4, -0.2) is 48.5 Å². The highest BCUT2D eigenvalue weighted by Crippen LogP contribution is 2.36. The molecule has 2 N–H and O–H groups in total. The number of anilines is 2. The first kappa shape index (κ1) is 23.6. The number of halogens is 1. The number of nitrogens with zero attached hydrogens (tertiary/aromatic N) is 4. The lowest BCUT2D eigenvalue weighted by Gasteiger charge is -2.28. The lowest BCUT2D eigenvalue weighted by atomic mass is 10.1. The number of aryl methyl sites for hydroxylation is 1. The largest absolute Gasteiger partial charge is 0.378 e. The third-order valence-corrected chi connectivity index (χ3v) is 7.62. The van der Waals surface area contributed by atoms with E-state index in [4.69, 9.17) is 4.74 Å². The molecule has 182 valence electrons. The average molecular weight is 493 g/mol. The molecule has 1 saturated heterocycles. The summed E-state index contributed by atoms with van der Waals surface area (Å²) in [5.74, 6) is 1.46. The number of fused-ring (bicyclic) bond motifs is 1. The molecule has 3 aromatic heterocycles. The number of hydrogen-bond acceptors (Lipinski definition) is 8. The molecule has 1 aromatic carbocycles. The Morgan fingerprint density at radius 3 is 2.77 bits per heavy atom. The van der Waals surface area contributed by atoms with Gasteiger partial charge in [0.15, 0.2) is 5.82 Å². The number of aromatic nitrogens is 3. The minimum atomic E-state index is -0.191. The lowest BCUT2D eigenvalue weighted by molar-refractivity contribution is 0.122. The Labute approximate surface area is 208 Å². The molecule has 1 aliphatic heterocycles. The predicted octanol–water partition coefficient (Wildman–Crippen LogP) is 4.93. The highest BCUT2D eigenvalue weighted by molar-refractivity contribution is 7.15. The second-order valence-electron chi connectivity index (χ2n) is 8.69. The average Bonchev–Trinajstić information content (AvgIpc) is 3.38. The standard InChI is InChI=1S/C26H29FN6OS/c1-16-20-15-29-25(33-9-11-34-12-10-33)13-19(20)26(32-31-16)30-17(2)23-7-8-24(35-23)18-5-4-6-22(27)21(18)14-28-3/h4-8,13,15,17,28H,9-12,14H2,1-3H3,(H,30,32)/t17-/m1/s1. The maximum absolute atomic E-state index is 14.4. The van der Waals surface area contributed by atoms with Gasteiger partial charge in [0.05, 0.1) is 24.9 Å². The second kappa shape index (κ2) is 10.2. The zero-order valence-corrected chi connectivity index (χ0v) is 21.0. The molecule has 0 amide bonds. The molecule has 4 heterocycles. The number of nitrogens with one attached hydrogen (secondary N) is 2. The zero-order valence-electron chi connectivity index (χ0n) is 20.1. The second-order valence-corrected chi connectivity index (χ2v) is 9.80. The summed E-state index contributed by atoms with van der Waals surface area (Å²) in [5, 5.41) is 17.5. The number of morpholine rings is 1. The van der Waals surface area contributed by atoms with Crippen molar-refractivity contribution in [1.29, 1.82) is 0 Å². The van der Waals surface area contributed by atoms with Crippen molar-refractivity contribution in [2.75, 3.05) is 43.6 Å². The topological polar surface area (TPSA) is 75.2 Å². The molecule has 7 nitrogen and oxygen atoms in total. The van der Waals surface area contributed by atoms with Gasteiger partial charge in [0.25, 0.3) is 0 Å². The van der Waals surface area contributed by atoms with E-state index < -0.39 is 0 Å². The fourth-order valence-electron chi connectivity index (χ4n) is 4.39. The van der Waals surface area contributed by atoms with Crippen molar-refractivity contribution < 1.29 is 9.13 Å². The van der Waals surface area contributed by atoms with Gasteiger partial charge in [0.2, 0.25) is 0 Å². The molecule has 0 aliphatic carbocycles.